The molecule has 9 heteroatoms. The van der Waals surface area contributed by atoms with Gasteiger partial charge in [0.1, 0.15) is 0 Å². The fourth-order valence-electron chi connectivity index (χ4n) is 3.75. The quantitative estimate of drug-likeness (QED) is 0.572. The Bertz CT molecular complexity index is 1000. The highest BCUT2D eigenvalue weighted by Crippen LogP contribution is 2.31. The Morgan fingerprint density at radius 2 is 2.16 bits per heavy atom. The van der Waals surface area contributed by atoms with E-state index in [1.54, 1.807) is 25.6 Å². The number of amides is 1. The summed E-state index contributed by atoms with van der Waals surface area (Å²) in [7, 11) is 3.19. The summed E-state index contributed by atoms with van der Waals surface area (Å²) in [5, 5.41) is 9.18. The number of hydrogen-bond donors (Lipinski definition) is 1. The predicted molar refractivity (Wildman–Crippen MR) is 117 cm³/mol. The maximum absolute atomic E-state index is 12.6. The largest absolute Gasteiger partial charge is 0.493 e. The van der Waals surface area contributed by atoms with E-state index in [4.69, 9.17) is 14.0 Å². The van der Waals surface area contributed by atoms with Crippen molar-refractivity contribution in [1.29, 1.82) is 0 Å². The summed E-state index contributed by atoms with van der Waals surface area (Å²) in [6.07, 6.45) is 1.86. The van der Waals surface area contributed by atoms with Crippen molar-refractivity contribution in [2.45, 2.75) is 25.9 Å². The van der Waals surface area contributed by atoms with Crippen molar-refractivity contribution in [2.24, 2.45) is 5.92 Å². The van der Waals surface area contributed by atoms with Gasteiger partial charge in [0.15, 0.2) is 11.5 Å². The van der Waals surface area contributed by atoms with E-state index in [0.29, 0.717) is 42.8 Å². The van der Waals surface area contributed by atoms with E-state index in [2.05, 4.69) is 20.4 Å². The van der Waals surface area contributed by atoms with Crippen molar-refractivity contribution in [2.75, 3.05) is 27.3 Å². The first kappa shape index (κ1) is 21.3. The number of nitrogens with one attached hydrogen (secondary N) is 1. The standard InChI is InChI=1S/C22H26N4O4S/c1-28-18-8-7-15(11-19(18)29-2)21-24-20(30-25-21)14-26-9-3-5-16(13-26)22(27)23-12-17-6-4-10-31-17/h4,6-8,10-11,16H,3,5,9,12-14H2,1-2H3,(H,23,27). The van der Waals surface area contributed by atoms with Crippen LogP contribution in [0.25, 0.3) is 11.4 Å². The van der Waals surface area contributed by atoms with Crippen molar-refractivity contribution in [1.82, 2.24) is 20.4 Å². The number of methoxy groups -OCH3 is 2. The van der Waals surface area contributed by atoms with E-state index in [9.17, 15) is 4.79 Å². The smallest absolute Gasteiger partial charge is 0.241 e. The Morgan fingerprint density at radius 3 is 2.94 bits per heavy atom. The molecule has 164 valence electrons. The van der Waals surface area contributed by atoms with Crippen molar-refractivity contribution >= 4 is 17.2 Å². The highest BCUT2D eigenvalue weighted by Gasteiger charge is 2.27. The summed E-state index contributed by atoms with van der Waals surface area (Å²) in [4.78, 5) is 20.5. The lowest BCUT2D eigenvalue weighted by atomic mass is 9.97. The summed E-state index contributed by atoms with van der Waals surface area (Å²) < 4.78 is 16.1. The van der Waals surface area contributed by atoms with Crippen LogP contribution < -0.4 is 14.8 Å². The molecule has 1 saturated heterocycles. The molecule has 1 fully saturated rings. The van der Waals surface area contributed by atoms with Gasteiger partial charge in [-0.1, -0.05) is 11.2 Å². The molecule has 0 saturated carbocycles. The van der Waals surface area contributed by atoms with Crippen LogP contribution in [0.5, 0.6) is 11.5 Å². The molecule has 4 rings (SSSR count). The van der Waals surface area contributed by atoms with Gasteiger partial charge in [0, 0.05) is 17.0 Å². The number of aromatic nitrogens is 2. The first-order valence-electron chi connectivity index (χ1n) is 10.2. The molecule has 2 aromatic heterocycles. The minimum absolute atomic E-state index is 0.0260. The van der Waals surface area contributed by atoms with Gasteiger partial charge in [-0.15, -0.1) is 11.3 Å². The summed E-state index contributed by atoms with van der Waals surface area (Å²) in [6.45, 7) is 2.70. The molecule has 3 heterocycles. The molecule has 1 aromatic carbocycles. The third kappa shape index (κ3) is 5.23. The summed E-state index contributed by atoms with van der Waals surface area (Å²) >= 11 is 1.65. The number of ether oxygens (including phenoxy) is 2. The van der Waals surface area contributed by atoms with Gasteiger partial charge < -0.3 is 19.3 Å². The normalized spacial score (nSPS) is 16.8. The van der Waals surface area contributed by atoms with E-state index in [1.165, 1.54) is 0 Å². The zero-order valence-electron chi connectivity index (χ0n) is 17.7. The second-order valence-corrected chi connectivity index (χ2v) is 8.49. The molecular weight excluding hydrogens is 416 g/mol. The van der Waals surface area contributed by atoms with Gasteiger partial charge in [-0.2, -0.15) is 4.98 Å². The average molecular weight is 443 g/mol. The zero-order chi connectivity index (χ0) is 21.6. The monoisotopic (exact) mass is 442 g/mol. The number of likely N-dealkylation sites (tertiary alicyclic amines) is 1. The van der Waals surface area contributed by atoms with Crippen LogP contribution in [0, 0.1) is 5.92 Å². The molecular formula is C22H26N4O4S. The highest BCUT2D eigenvalue weighted by molar-refractivity contribution is 7.09. The minimum Gasteiger partial charge on any atom is -0.493 e. The van der Waals surface area contributed by atoms with Gasteiger partial charge in [-0.3, -0.25) is 9.69 Å². The molecule has 1 amide bonds. The molecule has 0 spiro atoms. The van der Waals surface area contributed by atoms with Crippen molar-refractivity contribution in [3.8, 4) is 22.9 Å². The van der Waals surface area contributed by atoms with Crippen LogP contribution in [0.1, 0.15) is 23.6 Å². The number of carbonyl (C=O) groups is 1. The lowest BCUT2D eigenvalue weighted by molar-refractivity contribution is -0.127. The number of benzene rings is 1. The minimum atomic E-state index is -0.0260. The van der Waals surface area contributed by atoms with Crippen LogP contribution in [-0.4, -0.2) is 48.3 Å². The molecule has 1 aliphatic heterocycles. The third-order valence-corrected chi connectivity index (χ3v) is 6.24. The number of thiophene rings is 1. The molecule has 1 atom stereocenters. The molecule has 1 N–H and O–H groups in total. The number of hydrogen-bond acceptors (Lipinski definition) is 8. The molecule has 31 heavy (non-hydrogen) atoms. The molecule has 8 nitrogen and oxygen atoms in total. The van der Waals surface area contributed by atoms with Crippen LogP contribution in [0.15, 0.2) is 40.2 Å². The Labute approximate surface area is 185 Å². The molecule has 0 radical (unpaired) electrons. The van der Waals surface area contributed by atoms with Crippen LogP contribution >= 0.6 is 11.3 Å². The SMILES string of the molecule is COc1ccc(-c2noc(CN3CCCC(C(=O)NCc4cccs4)C3)n2)cc1OC. The van der Waals surface area contributed by atoms with Gasteiger partial charge in [0.05, 0.1) is 33.2 Å². The van der Waals surface area contributed by atoms with Gasteiger partial charge in [0.2, 0.25) is 17.6 Å². The fourth-order valence-corrected chi connectivity index (χ4v) is 4.39. The Morgan fingerprint density at radius 1 is 1.29 bits per heavy atom. The number of carbonyl (C=O) groups excluding carboxylic acids is 1. The Balaban J connectivity index is 1.35. The maximum atomic E-state index is 12.6. The second kappa shape index (κ2) is 9.93. The van der Waals surface area contributed by atoms with Crippen molar-refractivity contribution in [3.63, 3.8) is 0 Å². The number of rotatable bonds is 8. The molecule has 0 aliphatic carbocycles. The van der Waals surface area contributed by atoms with Crippen LogP contribution in [-0.2, 0) is 17.9 Å². The highest BCUT2D eigenvalue weighted by atomic mass is 32.1. The van der Waals surface area contributed by atoms with Crippen LogP contribution in [0.3, 0.4) is 0 Å². The van der Waals surface area contributed by atoms with Gasteiger partial charge in [-0.25, -0.2) is 0 Å². The van der Waals surface area contributed by atoms with Gasteiger partial charge in [0.25, 0.3) is 0 Å². The lowest BCUT2D eigenvalue weighted by Gasteiger charge is -2.30. The molecule has 1 aliphatic rings. The number of nitrogens with zero attached hydrogens (tertiary/aromatic N) is 3. The van der Waals surface area contributed by atoms with Crippen molar-refractivity contribution in [3.05, 3.63) is 46.5 Å². The third-order valence-electron chi connectivity index (χ3n) is 5.36. The maximum Gasteiger partial charge on any atom is 0.241 e. The predicted octanol–water partition coefficient (Wildman–Crippen LogP) is 3.34. The summed E-state index contributed by atoms with van der Waals surface area (Å²) in [6, 6.07) is 9.53. The van der Waals surface area contributed by atoms with E-state index in [-0.39, 0.29) is 11.8 Å². The fraction of sp³-hybridized carbons (Fsp3) is 0.409. The molecule has 3 aromatic rings. The topological polar surface area (TPSA) is 89.7 Å². The number of piperidine rings is 1. The molecule has 1 unspecified atom stereocenters. The van der Waals surface area contributed by atoms with E-state index in [0.717, 1.165) is 29.8 Å². The van der Waals surface area contributed by atoms with Gasteiger partial charge in [-0.05, 0) is 49.0 Å². The first-order chi connectivity index (χ1) is 15.2. The van der Waals surface area contributed by atoms with Crippen LogP contribution in [0.4, 0.5) is 0 Å². The first-order valence-corrected chi connectivity index (χ1v) is 11.1. The molecule has 0 bridgehead atoms. The van der Waals surface area contributed by atoms with Gasteiger partial charge >= 0.3 is 0 Å². The zero-order valence-corrected chi connectivity index (χ0v) is 18.5. The van der Waals surface area contributed by atoms with Crippen molar-refractivity contribution < 1.29 is 18.8 Å². The van der Waals surface area contributed by atoms with E-state index >= 15 is 0 Å². The van der Waals surface area contributed by atoms with Crippen LogP contribution in [0.2, 0.25) is 0 Å². The van der Waals surface area contributed by atoms with E-state index < -0.39 is 0 Å². The Hall–Kier alpha value is -2.91. The second-order valence-electron chi connectivity index (χ2n) is 7.45. The summed E-state index contributed by atoms with van der Waals surface area (Å²) in [5.41, 5.74) is 0.789. The summed E-state index contributed by atoms with van der Waals surface area (Å²) in [5.74, 6) is 2.37. The lowest BCUT2D eigenvalue weighted by Crippen LogP contribution is -2.42. The average Bonchev–Trinajstić information content (AvgIpc) is 3.49. The Kier molecular flexibility index (Phi) is 6.83. The van der Waals surface area contributed by atoms with E-state index in [1.807, 2.05) is 35.7 Å².